The molecule has 0 saturated heterocycles. The second-order valence-corrected chi connectivity index (χ2v) is 8.17. The number of aromatic nitrogens is 2. The van der Waals surface area contributed by atoms with Gasteiger partial charge >= 0.3 is 0 Å². The number of ether oxygens (including phenoxy) is 3. The van der Waals surface area contributed by atoms with Crippen LogP contribution in [0.5, 0.6) is 17.2 Å². The monoisotopic (exact) mass is 467 g/mol. The predicted octanol–water partition coefficient (Wildman–Crippen LogP) is 5.32. The molecule has 3 rings (SSSR count). The summed E-state index contributed by atoms with van der Waals surface area (Å²) < 4.78 is 16.4. The highest BCUT2D eigenvalue weighted by molar-refractivity contribution is 5.92. The van der Waals surface area contributed by atoms with Crippen molar-refractivity contribution in [1.29, 1.82) is 0 Å². The third kappa shape index (κ3) is 6.20. The maximum absolute atomic E-state index is 5.50. The van der Waals surface area contributed by atoms with E-state index in [1.165, 1.54) is 0 Å². The highest BCUT2D eigenvalue weighted by Crippen LogP contribution is 2.41. The SMILES string of the molecule is CCN(CC)CCCC(C)Nc1nc(Nc2cc(OC)c(OC)c(OC)c2)c2ccccc2n1. The van der Waals surface area contributed by atoms with Crippen LogP contribution in [0.2, 0.25) is 0 Å². The van der Waals surface area contributed by atoms with E-state index < -0.39 is 0 Å². The van der Waals surface area contributed by atoms with Crippen molar-refractivity contribution in [3.8, 4) is 17.2 Å². The van der Waals surface area contributed by atoms with Crippen LogP contribution in [-0.2, 0) is 0 Å². The molecule has 8 nitrogen and oxygen atoms in total. The molecule has 0 radical (unpaired) electrons. The fourth-order valence-corrected chi connectivity index (χ4v) is 3.98. The molecule has 0 aliphatic carbocycles. The molecule has 1 unspecified atom stereocenters. The predicted molar refractivity (Wildman–Crippen MR) is 139 cm³/mol. The summed E-state index contributed by atoms with van der Waals surface area (Å²) in [5, 5.41) is 7.83. The van der Waals surface area contributed by atoms with Gasteiger partial charge in [-0.2, -0.15) is 4.98 Å². The number of para-hydroxylation sites is 1. The van der Waals surface area contributed by atoms with Crippen molar-refractivity contribution >= 4 is 28.4 Å². The van der Waals surface area contributed by atoms with Crippen LogP contribution in [0.25, 0.3) is 10.9 Å². The Hall–Kier alpha value is -3.26. The van der Waals surface area contributed by atoms with E-state index in [0.29, 0.717) is 29.0 Å². The summed E-state index contributed by atoms with van der Waals surface area (Å²) in [5.41, 5.74) is 1.64. The van der Waals surface area contributed by atoms with E-state index in [1.807, 2.05) is 36.4 Å². The minimum atomic E-state index is 0.255. The van der Waals surface area contributed by atoms with Crippen LogP contribution >= 0.6 is 0 Å². The third-order valence-electron chi connectivity index (χ3n) is 5.91. The average molecular weight is 468 g/mol. The van der Waals surface area contributed by atoms with Gasteiger partial charge in [0.15, 0.2) is 11.5 Å². The van der Waals surface area contributed by atoms with Crippen molar-refractivity contribution in [1.82, 2.24) is 14.9 Å². The molecule has 2 aromatic carbocycles. The molecule has 1 aromatic heterocycles. The number of methoxy groups -OCH3 is 3. The quantitative estimate of drug-likeness (QED) is 0.350. The highest BCUT2D eigenvalue weighted by Gasteiger charge is 2.15. The Labute approximate surface area is 202 Å². The van der Waals surface area contributed by atoms with Gasteiger partial charge in [-0.15, -0.1) is 0 Å². The number of fused-ring (bicyclic) bond motifs is 1. The van der Waals surface area contributed by atoms with Crippen molar-refractivity contribution in [2.75, 3.05) is 51.6 Å². The van der Waals surface area contributed by atoms with Crippen molar-refractivity contribution in [2.45, 2.75) is 39.7 Å². The summed E-state index contributed by atoms with van der Waals surface area (Å²) in [6.07, 6.45) is 2.17. The summed E-state index contributed by atoms with van der Waals surface area (Å²) >= 11 is 0. The molecule has 1 atom stereocenters. The first-order valence-electron chi connectivity index (χ1n) is 11.9. The van der Waals surface area contributed by atoms with E-state index in [9.17, 15) is 0 Å². The van der Waals surface area contributed by atoms with Gasteiger partial charge in [0.2, 0.25) is 11.7 Å². The van der Waals surface area contributed by atoms with Crippen LogP contribution < -0.4 is 24.8 Å². The van der Waals surface area contributed by atoms with Gasteiger partial charge in [-0.3, -0.25) is 0 Å². The van der Waals surface area contributed by atoms with Crippen LogP contribution in [0.4, 0.5) is 17.5 Å². The van der Waals surface area contributed by atoms with Crippen LogP contribution in [0.15, 0.2) is 36.4 Å². The number of nitrogens with one attached hydrogen (secondary N) is 2. The van der Waals surface area contributed by atoms with Gasteiger partial charge in [-0.25, -0.2) is 4.98 Å². The van der Waals surface area contributed by atoms with Crippen LogP contribution in [0.3, 0.4) is 0 Å². The minimum Gasteiger partial charge on any atom is -0.493 e. The molecule has 0 saturated carbocycles. The molecule has 0 aliphatic heterocycles. The van der Waals surface area contributed by atoms with E-state index in [4.69, 9.17) is 24.2 Å². The first kappa shape index (κ1) is 25.4. The Kier molecular flexibility index (Phi) is 9.16. The Bertz CT molecular complexity index is 1050. The zero-order valence-corrected chi connectivity index (χ0v) is 21.1. The minimum absolute atomic E-state index is 0.255. The highest BCUT2D eigenvalue weighted by atomic mass is 16.5. The van der Waals surface area contributed by atoms with Crippen molar-refractivity contribution in [3.05, 3.63) is 36.4 Å². The van der Waals surface area contributed by atoms with E-state index >= 15 is 0 Å². The molecule has 0 aliphatic rings. The van der Waals surface area contributed by atoms with E-state index in [0.717, 1.165) is 49.1 Å². The summed E-state index contributed by atoms with van der Waals surface area (Å²) in [6.45, 7) is 9.86. The largest absolute Gasteiger partial charge is 0.493 e. The number of nitrogens with zero attached hydrogens (tertiary/aromatic N) is 3. The van der Waals surface area contributed by atoms with Gasteiger partial charge in [-0.05, 0) is 51.5 Å². The number of hydrogen-bond donors (Lipinski definition) is 2. The maximum atomic E-state index is 5.50. The second-order valence-electron chi connectivity index (χ2n) is 8.17. The molecular weight excluding hydrogens is 430 g/mol. The molecule has 2 N–H and O–H groups in total. The fourth-order valence-electron chi connectivity index (χ4n) is 3.98. The fraction of sp³-hybridized carbons (Fsp3) is 0.462. The first-order valence-corrected chi connectivity index (χ1v) is 11.9. The summed E-state index contributed by atoms with van der Waals surface area (Å²) in [7, 11) is 4.79. The average Bonchev–Trinajstić information content (AvgIpc) is 2.86. The van der Waals surface area contributed by atoms with Crippen LogP contribution in [0.1, 0.15) is 33.6 Å². The lowest BCUT2D eigenvalue weighted by atomic mass is 10.1. The Morgan fingerprint density at radius 1 is 0.941 bits per heavy atom. The van der Waals surface area contributed by atoms with Crippen molar-refractivity contribution < 1.29 is 14.2 Å². The molecule has 3 aromatic rings. The van der Waals surface area contributed by atoms with Crippen LogP contribution in [-0.4, -0.2) is 61.9 Å². The third-order valence-corrected chi connectivity index (χ3v) is 5.91. The van der Waals surface area contributed by atoms with Gasteiger partial charge in [0, 0.05) is 29.2 Å². The van der Waals surface area contributed by atoms with Gasteiger partial charge in [0.1, 0.15) is 5.82 Å². The normalized spacial score (nSPS) is 12.0. The van der Waals surface area contributed by atoms with E-state index in [-0.39, 0.29) is 6.04 Å². The van der Waals surface area contributed by atoms with Gasteiger partial charge in [-0.1, -0.05) is 26.0 Å². The lowest BCUT2D eigenvalue weighted by Crippen LogP contribution is -2.26. The lowest BCUT2D eigenvalue weighted by molar-refractivity contribution is 0.295. The first-order chi connectivity index (χ1) is 16.5. The molecule has 0 bridgehead atoms. The number of hydrogen-bond acceptors (Lipinski definition) is 8. The molecule has 1 heterocycles. The molecule has 34 heavy (non-hydrogen) atoms. The van der Waals surface area contributed by atoms with Gasteiger partial charge in [0.05, 0.1) is 26.8 Å². The summed E-state index contributed by atoms with van der Waals surface area (Å²) in [5.74, 6) is 3.00. The second kappa shape index (κ2) is 12.3. The summed E-state index contributed by atoms with van der Waals surface area (Å²) in [4.78, 5) is 12.0. The Balaban J connectivity index is 1.84. The topological polar surface area (TPSA) is 80.8 Å². The van der Waals surface area contributed by atoms with Gasteiger partial charge in [0.25, 0.3) is 0 Å². The maximum Gasteiger partial charge on any atom is 0.225 e. The smallest absolute Gasteiger partial charge is 0.225 e. The van der Waals surface area contributed by atoms with E-state index in [2.05, 4.69) is 36.3 Å². The molecule has 0 spiro atoms. The lowest BCUT2D eigenvalue weighted by Gasteiger charge is -2.20. The van der Waals surface area contributed by atoms with Crippen molar-refractivity contribution in [3.63, 3.8) is 0 Å². The molecule has 184 valence electrons. The molecule has 0 amide bonds. The van der Waals surface area contributed by atoms with Crippen molar-refractivity contribution in [2.24, 2.45) is 0 Å². The standard InChI is InChI=1S/C26H37N5O3/c1-7-31(8-2)15-11-12-18(3)27-26-29-21-14-10-9-13-20(21)25(30-26)28-19-16-22(32-4)24(34-6)23(17-19)33-5/h9-10,13-14,16-18H,7-8,11-12,15H2,1-6H3,(H2,27,28,29,30). The zero-order valence-electron chi connectivity index (χ0n) is 21.1. The molecule has 8 heteroatoms. The Morgan fingerprint density at radius 2 is 1.62 bits per heavy atom. The molecule has 0 fully saturated rings. The Morgan fingerprint density at radius 3 is 2.24 bits per heavy atom. The number of benzene rings is 2. The van der Waals surface area contributed by atoms with E-state index in [1.54, 1.807) is 21.3 Å². The number of anilines is 3. The van der Waals surface area contributed by atoms with Crippen LogP contribution in [0, 0.1) is 0 Å². The zero-order chi connectivity index (χ0) is 24.5. The summed E-state index contributed by atoms with van der Waals surface area (Å²) in [6, 6.07) is 11.9. The molecular formula is C26H37N5O3. The number of rotatable bonds is 13. The van der Waals surface area contributed by atoms with Gasteiger partial charge < -0.3 is 29.7 Å².